The molecule has 0 aliphatic heterocycles. The monoisotopic (exact) mass is 165 g/mol. The molecule has 2 heteroatoms. The van der Waals surface area contributed by atoms with E-state index >= 15 is 0 Å². The molecule has 0 spiro atoms. The Kier molecular flexibility index (Phi) is 2.69. The zero-order chi connectivity index (χ0) is 9.14. The Hall–Kier alpha value is -1.05. The Balaban J connectivity index is 3.18. The van der Waals surface area contributed by atoms with Gasteiger partial charge in [-0.25, -0.2) is 0 Å². The van der Waals surface area contributed by atoms with Gasteiger partial charge in [0.1, 0.15) is 0 Å². The predicted molar refractivity (Wildman–Crippen MR) is 50.4 cm³/mol. The fraction of sp³-hybridized carbons (Fsp3) is 0.500. The van der Waals surface area contributed by atoms with Gasteiger partial charge in [0.2, 0.25) is 0 Å². The Morgan fingerprint density at radius 1 is 1.42 bits per heavy atom. The van der Waals surface area contributed by atoms with Crippen LogP contribution in [0.3, 0.4) is 0 Å². The van der Waals surface area contributed by atoms with Crippen LogP contribution in [0.25, 0.3) is 0 Å². The van der Waals surface area contributed by atoms with Crippen LogP contribution in [-0.2, 0) is 13.5 Å². The largest absolute Gasteiger partial charge is 0.316 e. The van der Waals surface area contributed by atoms with Crippen molar-refractivity contribution < 1.29 is 0 Å². The Labute approximate surface area is 72.8 Å². The van der Waals surface area contributed by atoms with Gasteiger partial charge >= 0.3 is 0 Å². The first-order valence-electron chi connectivity index (χ1n) is 4.31. The summed E-state index contributed by atoms with van der Waals surface area (Å²) in [6.07, 6.45) is 2.06. The number of nitrogens with zero attached hydrogens (tertiary/aromatic N) is 1. The molecule has 0 saturated carbocycles. The fourth-order valence-corrected chi connectivity index (χ4v) is 1.33. The summed E-state index contributed by atoms with van der Waals surface area (Å²) in [7, 11) is 1.83. The minimum absolute atomic E-state index is 0.0958. The van der Waals surface area contributed by atoms with Gasteiger partial charge in [0.15, 0.2) is 0 Å². The molecule has 66 valence electrons. The lowest BCUT2D eigenvalue weighted by Gasteiger charge is -2.06. The van der Waals surface area contributed by atoms with Gasteiger partial charge in [-0.2, -0.15) is 0 Å². The van der Waals surface area contributed by atoms with Crippen LogP contribution >= 0.6 is 0 Å². The molecule has 1 aromatic rings. The average molecular weight is 165 g/mol. The molecule has 0 fully saturated rings. The number of hydrogen-bond donors (Lipinski definition) is 0. The van der Waals surface area contributed by atoms with Crippen molar-refractivity contribution in [3.63, 3.8) is 0 Å². The summed E-state index contributed by atoms with van der Waals surface area (Å²) >= 11 is 0. The van der Waals surface area contributed by atoms with E-state index in [1.54, 1.807) is 10.6 Å². The third-order valence-electron chi connectivity index (χ3n) is 2.01. The van der Waals surface area contributed by atoms with E-state index < -0.39 is 0 Å². The van der Waals surface area contributed by atoms with Gasteiger partial charge in [-0.3, -0.25) is 4.79 Å². The number of rotatable bonds is 2. The lowest BCUT2D eigenvalue weighted by molar-refractivity contribution is 0.744. The molecule has 0 amide bonds. The second-order valence-electron chi connectivity index (χ2n) is 3.17. The van der Waals surface area contributed by atoms with Crippen LogP contribution in [0.15, 0.2) is 16.9 Å². The number of pyridine rings is 1. The van der Waals surface area contributed by atoms with Crippen molar-refractivity contribution >= 4 is 0 Å². The maximum atomic E-state index is 11.3. The van der Waals surface area contributed by atoms with Crippen molar-refractivity contribution in [2.45, 2.75) is 26.7 Å². The van der Waals surface area contributed by atoms with Crippen LogP contribution in [0.4, 0.5) is 0 Å². The van der Waals surface area contributed by atoms with Crippen molar-refractivity contribution in [1.82, 2.24) is 4.57 Å². The second-order valence-corrected chi connectivity index (χ2v) is 3.17. The average Bonchev–Trinajstić information content (AvgIpc) is 2.00. The van der Waals surface area contributed by atoms with Crippen LogP contribution in [0, 0.1) is 6.92 Å². The topological polar surface area (TPSA) is 22.0 Å². The molecule has 2 nitrogen and oxygen atoms in total. The molecule has 0 aromatic carbocycles. The van der Waals surface area contributed by atoms with Crippen LogP contribution in [0.2, 0.25) is 0 Å². The number of aryl methyl sites for hydroxylation is 2. The summed E-state index contributed by atoms with van der Waals surface area (Å²) in [4.78, 5) is 11.3. The Morgan fingerprint density at radius 3 is 2.67 bits per heavy atom. The first-order chi connectivity index (χ1) is 5.65. The van der Waals surface area contributed by atoms with Crippen molar-refractivity contribution in [1.29, 1.82) is 0 Å². The quantitative estimate of drug-likeness (QED) is 0.653. The van der Waals surface area contributed by atoms with E-state index in [1.807, 2.05) is 14.0 Å². The molecule has 0 atom stereocenters. The van der Waals surface area contributed by atoms with E-state index in [-0.39, 0.29) is 5.56 Å². The third kappa shape index (κ3) is 1.76. The molecule has 0 aliphatic carbocycles. The highest BCUT2D eigenvalue weighted by Gasteiger charge is 1.99. The van der Waals surface area contributed by atoms with Gasteiger partial charge in [0.25, 0.3) is 5.56 Å². The first-order valence-corrected chi connectivity index (χ1v) is 4.31. The molecule has 1 rings (SSSR count). The Bertz CT molecular complexity index is 325. The standard InChI is InChI=1S/C10H15NO/c1-4-5-9-6-8(2)7-10(12)11(9)3/h6-7H,4-5H2,1-3H3. The van der Waals surface area contributed by atoms with Crippen LogP contribution in [0.5, 0.6) is 0 Å². The van der Waals surface area contributed by atoms with Gasteiger partial charge < -0.3 is 4.57 Å². The van der Waals surface area contributed by atoms with Gasteiger partial charge in [0.05, 0.1) is 0 Å². The molecule has 0 aliphatic rings. The lowest BCUT2D eigenvalue weighted by atomic mass is 10.2. The predicted octanol–water partition coefficient (Wildman–Crippen LogP) is 1.65. The zero-order valence-corrected chi connectivity index (χ0v) is 7.92. The molecule has 12 heavy (non-hydrogen) atoms. The van der Waals surface area contributed by atoms with E-state index in [4.69, 9.17) is 0 Å². The molecule has 0 unspecified atom stereocenters. The second kappa shape index (κ2) is 3.57. The minimum atomic E-state index is 0.0958. The van der Waals surface area contributed by atoms with Crippen molar-refractivity contribution in [3.8, 4) is 0 Å². The van der Waals surface area contributed by atoms with Crippen molar-refractivity contribution in [3.05, 3.63) is 33.7 Å². The number of aromatic nitrogens is 1. The van der Waals surface area contributed by atoms with E-state index in [9.17, 15) is 4.79 Å². The molecule has 1 aromatic heterocycles. The maximum absolute atomic E-state index is 11.3. The van der Waals surface area contributed by atoms with E-state index in [1.165, 1.54) is 0 Å². The first kappa shape index (κ1) is 9.04. The van der Waals surface area contributed by atoms with Gasteiger partial charge in [-0.15, -0.1) is 0 Å². The fourth-order valence-electron chi connectivity index (χ4n) is 1.33. The van der Waals surface area contributed by atoms with Crippen LogP contribution in [-0.4, -0.2) is 4.57 Å². The van der Waals surface area contributed by atoms with Crippen molar-refractivity contribution in [2.75, 3.05) is 0 Å². The highest BCUT2D eigenvalue weighted by molar-refractivity contribution is 5.16. The summed E-state index contributed by atoms with van der Waals surface area (Å²) in [5, 5.41) is 0. The smallest absolute Gasteiger partial charge is 0.250 e. The van der Waals surface area contributed by atoms with Crippen LogP contribution < -0.4 is 5.56 Å². The lowest BCUT2D eigenvalue weighted by Crippen LogP contribution is -2.19. The molecule has 0 radical (unpaired) electrons. The molecule has 1 heterocycles. The van der Waals surface area contributed by atoms with E-state index in [2.05, 4.69) is 13.0 Å². The third-order valence-corrected chi connectivity index (χ3v) is 2.01. The highest BCUT2D eigenvalue weighted by Crippen LogP contribution is 2.02. The maximum Gasteiger partial charge on any atom is 0.250 e. The molecule has 0 bridgehead atoms. The van der Waals surface area contributed by atoms with Gasteiger partial charge in [-0.1, -0.05) is 13.3 Å². The molecule has 0 saturated heterocycles. The normalized spacial score (nSPS) is 10.2. The van der Waals surface area contributed by atoms with Crippen molar-refractivity contribution in [2.24, 2.45) is 7.05 Å². The van der Waals surface area contributed by atoms with E-state index in [0.29, 0.717) is 0 Å². The van der Waals surface area contributed by atoms with Crippen LogP contribution in [0.1, 0.15) is 24.6 Å². The summed E-state index contributed by atoms with van der Waals surface area (Å²) in [6, 6.07) is 3.74. The zero-order valence-electron chi connectivity index (χ0n) is 7.92. The SMILES string of the molecule is CCCc1cc(C)cc(=O)n1C. The Morgan fingerprint density at radius 2 is 2.08 bits per heavy atom. The summed E-state index contributed by atoms with van der Waals surface area (Å²) in [6.45, 7) is 4.08. The van der Waals surface area contributed by atoms with Gasteiger partial charge in [0, 0.05) is 18.8 Å². The number of hydrogen-bond acceptors (Lipinski definition) is 1. The summed E-state index contributed by atoms with van der Waals surface area (Å²) in [5.41, 5.74) is 2.28. The molecule has 0 N–H and O–H groups in total. The molecular formula is C10H15NO. The van der Waals surface area contributed by atoms with Gasteiger partial charge in [-0.05, 0) is 25.0 Å². The highest BCUT2D eigenvalue weighted by atomic mass is 16.1. The minimum Gasteiger partial charge on any atom is -0.316 e. The summed E-state index contributed by atoms with van der Waals surface area (Å²) in [5.74, 6) is 0. The molecular weight excluding hydrogens is 150 g/mol. The van der Waals surface area contributed by atoms with E-state index in [0.717, 1.165) is 24.1 Å². The summed E-state index contributed by atoms with van der Waals surface area (Å²) < 4.78 is 1.72.